The molecule has 4 nitrogen and oxygen atoms in total. The lowest BCUT2D eigenvalue weighted by Gasteiger charge is -2.31. The molecule has 0 amide bonds. The van der Waals surface area contributed by atoms with Gasteiger partial charge < -0.3 is 9.94 Å². The molecule has 1 atom stereocenters. The van der Waals surface area contributed by atoms with E-state index >= 15 is 0 Å². The van der Waals surface area contributed by atoms with Crippen molar-refractivity contribution < 1.29 is 23.5 Å². The fraction of sp³-hybridized carbons (Fsp3) is 0.222. The van der Waals surface area contributed by atoms with Crippen molar-refractivity contribution in [3.8, 4) is 0 Å². The number of oxime groups is 1. The van der Waals surface area contributed by atoms with Gasteiger partial charge in [0.25, 0.3) is 0 Å². The van der Waals surface area contributed by atoms with Crippen molar-refractivity contribution in [3.63, 3.8) is 0 Å². The summed E-state index contributed by atoms with van der Waals surface area (Å²) in [5.41, 5.74) is -1.09. The number of hydrogen-bond acceptors (Lipinski definition) is 3. The number of rotatable bonds is 4. The Morgan fingerprint density at radius 2 is 1.85 bits per heavy atom. The summed E-state index contributed by atoms with van der Waals surface area (Å²) in [6.07, 6.45) is -0.355. The van der Waals surface area contributed by atoms with Crippen molar-refractivity contribution in [3.05, 3.63) is 68.7 Å². The normalized spacial score (nSPS) is 19.6. The third-order valence-corrected chi connectivity index (χ3v) is 5.05. The van der Waals surface area contributed by atoms with E-state index in [0.29, 0.717) is 11.1 Å². The van der Waals surface area contributed by atoms with Crippen molar-refractivity contribution >= 4 is 46.5 Å². The van der Waals surface area contributed by atoms with Gasteiger partial charge in [-0.15, -0.1) is 0 Å². The number of aryl methyl sites for hydroxylation is 1. The van der Waals surface area contributed by atoms with Gasteiger partial charge in [0.15, 0.2) is 0 Å². The number of nitrogens with zero attached hydrogens (tertiary/aromatic N) is 1. The number of carbonyl (C=O) groups is 1. The van der Waals surface area contributed by atoms with E-state index in [4.69, 9.17) is 44.7 Å². The van der Waals surface area contributed by atoms with Gasteiger partial charge >= 0.3 is 11.4 Å². The summed E-state index contributed by atoms with van der Waals surface area (Å²) < 4.78 is 28.7. The summed E-state index contributed by atoms with van der Waals surface area (Å²) in [6, 6.07) is 8.38. The van der Waals surface area contributed by atoms with Gasteiger partial charge in [-0.1, -0.05) is 34.4 Å². The van der Waals surface area contributed by atoms with E-state index in [1.54, 1.807) is 13.0 Å². The molecule has 1 heterocycles. The van der Waals surface area contributed by atoms with Crippen LogP contribution in [0.1, 0.15) is 33.5 Å². The van der Waals surface area contributed by atoms with Crippen LogP contribution >= 0.6 is 34.8 Å². The lowest BCUT2D eigenvalue weighted by atomic mass is 9.87. The molecule has 3 rings (SSSR count). The molecule has 1 N–H and O–H groups in total. The van der Waals surface area contributed by atoms with E-state index < -0.39 is 17.0 Å². The first-order valence-corrected chi connectivity index (χ1v) is 8.79. The molecule has 0 aromatic heterocycles. The molecular formula is C18H12Cl3F2NO3. The molecule has 9 heteroatoms. The molecule has 0 fully saturated rings. The number of halogens is 5. The van der Waals surface area contributed by atoms with Crippen LogP contribution in [0, 0.1) is 6.92 Å². The lowest BCUT2D eigenvalue weighted by Crippen LogP contribution is -2.42. The van der Waals surface area contributed by atoms with E-state index in [1.807, 2.05) is 0 Å². The van der Waals surface area contributed by atoms with Crippen LogP contribution in [0.3, 0.4) is 0 Å². The van der Waals surface area contributed by atoms with Crippen LogP contribution in [0.5, 0.6) is 0 Å². The second-order valence-corrected chi connectivity index (χ2v) is 7.47. The third-order valence-electron chi connectivity index (χ3n) is 4.30. The monoisotopic (exact) mass is 433 g/mol. The zero-order valence-electron chi connectivity index (χ0n) is 13.8. The minimum atomic E-state index is -3.82. The summed E-state index contributed by atoms with van der Waals surface area (Å²) in [5.74, 6) is -1.08. The minimum Gasteiger partial charge on any atom is -0.478 e. The highest BCUT2D eigenvalue weighted by Crippen LogP contribution is 2.51. The van der Waals surface area contributed by atoms with Crippen LogP contribution in [0.25, 0.3) is 0 Å². The van der Waals surface area contributed by atoms with Crippen LogP contribution in [0.15, 0.2) is 41.6 Å². The minimum absolute atomic E-state index is 0.0161. The van der Waals surface area contributed by atoms with Gasteiger partial charge in [0, 0.05) is 22.0 Å². The molecule has 1 aliphatic rings. The fourth-order valence-corrected chi connectivity index (χ4v) is 3.67. The molecule has 2 aromatic rings. The Kier molecular flexibility index (Phi) is 5.10. The Morgan fingerprint density at radius 1 is 1.22 bits per heavy atom. The van der Waals surface area contributed by atoms with Crippen molar-refractivity contribution in [1.29, 1.82) is 0 Å². The molecule has 2 aromatic carbocycles. The average Bonchev–Trinajstić information content (AvgIpc) is 3.00. The Labute approximate surface area is 168 Å². The number of carboxylic acid groups (broad SMARTS) is 1. The van der Waals surface area contributed by atoms with Gasteiger partial charge in [-0.3, -0.25) is 0 Å². The highest BCUT2D eigenvalue weighted by atomic mass is 35.5. The maximum Gasteiger partial charge on any atom is 0.367 e. The van der Waals surface area contributed by atoms with Gasteiger partial charge in [-0.25, -0.2) is 4.79 Å². The zero-order chi connectivity index (χ0) is 20.0. The second-order valence-electron chi connectivity index (χ2n) is 6.12. The smallest absolute Gasteiger partial charge is 0.367 e. The first kappa shape index (κ1) is 19.9. The third kappa shape index (κ3) is 3.61. The molecular weight excluding hydrogens is 423 g/mol. The maximum absolute atomic E-state index is 14.4. The Balaban J connectivity index is 2.02. The molecule has 0 bridgehead atoms. The lowest BCUT2D eigenvalue weighted by molar-refractivity contribution is -0.155. The van der Waals surface area contributed by atoms with Crippen LogP contribution < -0.4 is 0 Å². The largest absolute Gasteiger partial charge is 0.478 e. The zero-order valence-corrected chi connectivity index (χ0v) is 16.0. The Morgan fingerprint density at radius 3 is 2.37 bits per heavy atom. The van der Waals surface area contributed by atoms with Crippen LogP contribution in [-0.4, -0.2) is 22.2 Å². The number of alkyl halides is 3. The van der Waals surface area contributed by atoms with Crippen LogP contribution in [0.2, 0.25) is 10.0 Å². The van der Waals surface area contributed by atoms with E-state index in [-0.39, 0.29) is 33.3 Å². The number of hydrogen-bond donors (Lipinski definition) is 1. The topological polar surface area (TPSA) is 58.9 Å². The molecule has 0 spiro atoms. The van der Waals surface area contributed by atoms with Crippen LogP contribution in [0.4, 0.5) is 8.78 Å². The van der Waals surface area contributed by atoms with Crippen molar-refractivity contribution in [2.45, 2.75) is 24.3 Å². The molecule has 0 radical (unpaired) electrons. The number of carboxylic acids is 1. The second kappa shape index (κ2) is 6.93. The fourth-order valence-electron chi connectivity index (χ4n) is 2.93. The molecule has 0 saturated carbocycles. The first-order valence-electron chi connectivity index (χ1n) is 7.66. The van der Waals surface area contributed by atoms with Crippen molar-refractivity contribution in [2.75, 3.05) is 0 Å². The standard InChI is InChI=1S/C18H12Cl3F2NO3/c1-9-4-10(2-3-14(9)16(25)26)15-8-17(27-24-15,18(21,22)23)11-5-12(19)7-13(20)6-11/h2-7H,8H2,1H3,(H,25,26). The number of aromatic carboxylic acids is 1. The molecule has 1 aliphatic heterocycles. The van der Waals surface area contributed by atoms with Gasteiger partial charge in [-0.05, 0) is 60.0 Å². The molecule has 1 unspecified atom stereocenters. The van der Waals surface area contributed by atoms with E-state index in [9.17, 15) is 13.6 Å². The van der Waals surface area contributed by atoms with Gasteiger partial charge in [-0.2, -0.15) is 8.78 Å². The van der Waals surface area contributed by atoms with Crippen molar-refractivity contribution in [2.24, 2.45) is 5.16 Å². The van der Waals surface area contributed by atoms with Gasteiger partial charge in [0.2, 0.25) is 5.60 Å². The SMILES string of the molecule is Cc1cc(C2=NOC(c3cc(Cl)cc(Cl)c3)(C(F)(F)Cl)C2)ccc1C(=O)O. The molecule has 0 aliphatic carbocycles. The predicted octanol–water partition coefficient (Wildman–Crippen LogP) is 5.85. The van der Waals surface area contributed by atoms with Gasteiger partial charge in [0.1, 0.15) is 0 Å². The van der Waals surface area contributed by atoms with Crippen molar-refractivity contribution in [1.82, 2.24) is 0 Å². The predicted molar refractivity (Wildman–Crippen MR) is 99.3 cm³/mol. The first-order chi connectivity index (χ1) is 12.5. The highest BCUT2D eigenvalue weighted by Gasteiger charge is 2.60. The Hall–Kier alpha value is -1.89. The van der Waals surface area contributed by atoms with E-state index in [1.165, 1.54) is 30.3 Å². The average molecular weight is 435 g/mol. The Bertz CT molecular complexity index is 939. The van der Waals surface area contributed by atoms with E-state index in [2.05, 4.69) is 5.16 Å². The summed E-state index contributed by atoms with van der Waals surface area (Å²) in [5, 5.41) is 9.39. The quantitative estimate of drug-likeness (QED) is 0.614. The van der Waals surface area contributed by atoms with Gasteiger partial charge in [0.05, 0.1) is 11.3 Å². The van der Waals surface area contributed by atoms with Crippen LogP contribution in [-0.2, 0) is 10.4 Å². The van der Waals surface area contributed by atoms with E-state index in [0.717, 1.165) is 0 Å². The maximum atomic E-state index is 14.4. The summed E-state index contributed by atoms with van der Waals surface area (Å²) >= 11 is 17.3. The summed E-state index contributed by atoms with van der Waals surface area (Å²) in [6.45, 7) is 1.60. The highest BCUT2D eigenvalue weighted by molar-refractivity contribution is 6.34. The number of benzene rings is 2. The molecule has 142 valence electrons. The molecule has 0 saturated heterocycles. The summed E-state index contributed by atoms with van der Waals surface area (Å²) in [4.78, 5) is 16.3. The summed E-state index contributed by atoms with van der Waals surface area (Å²) in [7, 11) is 0. The molecule has 27 heavy (non-hydrogen) atoms.